The second kappa shape index (κ2) is 9.25. The molecule has 2 heterocycles. The maximum absolute atomic E-state index is 13.1. The number of benzene rings is 2. The Balaban J connectivity index is 1.49. The normalized spacial score (nSPS) is 10.7. The summed E-state index contributed by atoms with van der Waals surface area (Å²) in [5.41, 5.74) is 1.08. The zero-order chi connectivity index (χ0) is 22.5. The standard InChI is InChI=1S/C23H19FN4O4/c1-31-19-7-3-2-5-16(19)13-25-20(29)14-28-12-4-6-18(23(28)30)22-26-21(27-32-22)15-8-10-17(24)11-9-15/h2-12H,13-14H2,1H3,(H,25,29). The molecule has 0 aliphatic rings. The first-order valence-electron chi connectivity index (χ1n) is 9.73. The zero-order valence-corrected chi connectivity index (χ0v) is 17.1. The van der Waals surface area contributed by atoms with Gasteiger partial charge in [-0.25, -0.2) is 4.39 Å². The molecule has 0 unspecified atom stereocenters. The lowest BCUT2D eigenvalue weighted by atomic mass is 10.2. The number of amides is 1. The van der Waals surface area contributed by atoms with Crippen LogP contribution in [-0.4, -0.2) is 27.7 Å². The molecule has 162 valence electrons. The van der Waals surface area contributed by atoms with Gasteiger partial charge in [-0.15, -0.1) is 0 Å². The Bertz CT molecular complexity index is 1300. The SMILES string of the molecule is COc1ccccc1CNC(=O)Cn1cccc(-c2nc(-c3ccc(F)cc3)no2)c1=O. The minimum atomic E-state index is -0.450. The lowest BCUT2D eigenvalue weighted by Gasteiger charge is -2.10. The molecule has 0 radical (unpaired) electrons. The largest absolute Gasteiger partial charge is 0.496 e. The third kappa shape index (κ3) is 4.56. The Hall–Kier alpha value is -4.27. The van der Waals surface area contributed by atoms with Crippen molar-refractivity contribution in [2.75, 3.05) is 7.11 Å². The Morgan fingerprint density at radius 3 is 2.69 bits per heavy atom. The van der Waals surface area contributed by atoms with Gasteiger partial charge in [-0.3, -0.25) is 9.59 Å². The van der Waals surface area contributed by atoms with Gasteiger partial charge in [-0.1, -0.05) is 23.4 Å². The van der Waals surface area contributed by atoms with Crippen molar-refractivity contribution in [3.63, 3.8) is 0 Å². The molecule has 2 aromatic heterocycles. The molecule has 1 amide bonds. The molecule has 0 saturated carbocycles. The number of nitrogens with zero attached hydrogens (tertiary/aromatic N) is 3. The third-order valence-electron chi connectivity index (χ3n) is 4.76. The van der Waals surface area contributed by atoms with Gasteiger partial charge in [0.2, 0.25) is 11.7 Å². The average molecular weight is 434 g/mol. The van der Waals surface area contributed by atoms with E-state index in [4.69, 9.17) is 9.26 Å². The monoisotopic (exact) mass is 434 g/mol. The number of carbonyl (C=O) groups is 1. The van der Waals surface area contributed by atoms with Crippen LogP contribution < -0.4 is 15.6 Å². The van der Waals surface area contributed by atoms with E-state index in [2.05, 4.69) is 15.5 Å². The molecule has 0 atom stereocenters. The maximum atomic E-state index is 13.1. The number of halogens is 1. The van der Waals surface area contributed by atoms with Crippen LogP contribution in [0.4, 0.5) is 4.39 Å². The van der Waals surface area contributed by atoms with Gasteiger partial charge >= 0.3 is 0 Å². The van der Waals surface area contributed by atoms with Gasteiger partial charge in [0.25, 0.3) is 11.4 Å². The highest BCUT2D eigenvalue weighted by atomic mass is 19.1. The van der Waals surface area contributed by atoms with Crippen LogP contribution in [-0.2, 0) is 17.9 Å². The van der Waals surface area contributed by atoms with E-state index in [1.807, 2.05) is 18.2 Å². The molecule has 0 saturated heterocycles. The van der Waals surface area contributed by atoms with Crippen molar-refractivity contribution in [3.8, 4) is 28.6 Å². The smallest absolute Gasteiger partial charge is 0.263 e. The highest BCUT2D eigenvalue weighted by Gasteiger charge is 2.16. The number of para-hydroxylation sites is 1. The molecule has 32 heavy (non-hydrogen) atoms. The van der Waals surface area contributed by atoms with Gasteiger partial charge in [-0.05, 0) is 42.5 Å². The number of hydrogen-bond acceptors (Lipinski definition) is 6. The second-order valence-electron chi connectivity index (χ2n) is 6.87. The minimum Gasteiger partial charge on any atom is -0.496 e. The molecular weight excluding hydrogens is 415 g/mol. The number of ether oxygens (including phenoxy) is 1. The van der Waals surface area contributed by atoms with E-state index < -0.39 is 5.56 Å². The highest BCUT2D eigenvalue weighted by Crippen LogP contribution is 2.20. The first kappa shape index (κ1) is 21.0. The Kier molecular flexibility index (Phi) is 6.07. The van der Waals surface area contributed by atoms with Crippen LogP contribution in [0.25, 0.3) is 22.8 Å². The Labute approximate surface area is 182 Å². The van der Waals surface area contributed by atoms with Gasteiger partial charge in [0.15, 0.2) is 0 Å². The molecule has 2 aromatic carbocycles. The number of nitrogens with one attached hydrogen (secondary N) is 1. The quantitative estimate of drug-likeness (QED) is 0.480. The van der Waals surface area contributed by atoms with E-state index in [-0.39, 0.29) is 42.1 Å². The molecule has 0 aliphatic heterocycles. The second-order valence-corrected chi connectivity index (χ2v) is 6.87. The van der Waals surface area contributed by atoms with Gasteiger partial charge in [-0.2, -0.15) is 4.98 Å². The topological polar surface area (TPSA) is 99.2 Å². The Morgan fingerprint density at radius 2 is 1.91 bits per heavy atom. The zero-order valence-electron chi connectivity index (χ0n) is 17.1. The molecule has 0 bridgehead atoms. The summed E-state index contributed by atoms with van der Waals surface area (Å²) in [6.07, 6.45) is 1.51. The predicted molar refractivity (Wildman–Crippen MR) is 114 cm³/mol. The first-order valence-corrected chi connectivity index (χ1v) is 9.73. The van der Waals surface area contributed by atoms with Crippen LogP contribution in [0.15, 0.2) is 76.2 Å². The van der Waals surface area contributed by atoms with Crippen molar-refractivity contribution in [2.24, 2.45) is 0 Å². The number of methoxy groups -OCH3 is 1. The van der Waals surface area contributed by atoms with Crippen molar-refractivity contribution in [3.05, 3.63) is 88.6 Å². The molecule has 4 aromatic rings. The summed E-state index contributed by atoms with van der Waals surface area (Å²) in [5.74, 6) is 0.183. The minimum absolute atomic E-state index is 0.0121. The number of pyridine rings is 1. The van der Waals surface area contributed by atoms with E-state index in [1.54, 1.807) is 19.2 Å². The predicted octanol–water partition coefficient (Wildman–Crippen LogP) is 3.03. The van der Waals surface area contributed by atoms with Gasteiger partial charge in [0.05, 0.1) is 7.11 Å². The van der Waals surface area contributed by atoms with E-state index in [1.165, 1.54) is 41.1 Å². The van der Waals surface area contributed by atoms with E-state index in [0.29, 0.717) is 11.3 Å². The molecule has 1 N–H and O–H groups in total. The molecule has 0 spiro atoms. The number of hydrogen-bond donors (Lipinski definition) is 1. The lowest BCUT2D eigenvalue weighted by Crippen LogP contribution is -2.32. The fourth-order valence-electron chi connectivity index (χ4n) is 3.13. The van der Waals surface area contributed by atoms with Gasteiger partial charge in [0, 0.05) is 23.9 Å². The summed E-state index contributed by atoms with van der Waals surface area (Å²) < 4.78 is 24.9. The number of carbonyl (C=O) groups excluding carboxylic acids is 1. The summed E-state index contributed by atoms with van der Waals surface area (Å²) in [5, 5.41) is 6.63. The first-order chi connectivity index (χ1) is 15.5. The van der Waals surface area contributed by atoms with Crippen LogP contribution >= 0.6 is 0 Å². The molecule has 8 nitrogen and oxygen atoms in total. The summed E-state index contributed by atoms with van der Waals surface area (Å²) in [6, 6.07) is 16.1. The average Bonchev–Trinajstić information content (AvgIpc) is 3.30. The van der Waals surface area contributed by atoms with Crippen LogP contribution in [0.5, 0.6) is 5.75 Å². The van der Waals surface area contributed by atoms with Gasteiger partial charge in [0.1, 0.15) is 23.7 Å². The molecule has 0 aliphatic carbocycles. The highest BCUT2D eigenvalue weighted by molar-refractivity contribution is 5.76. The summed E-state index contributed by atoms with van der Waals surface area (Å²) in [4.78, 5) is 29.5. The van der Waals surface area contributed by atoms with Crippen molar-refractivity contribution >= 4 is 5.91 Å². The van der Waals surface area contributed by atoms with E-state index in [0.717, 1.165) is 5.56 Å². The van der Waals surface area contributed by atoms with Crippen molar-refractivity contribution in [1.82, 2.24) is 20.0 Å². The van der Waals surface area contributed by atoms with Crippen LogP contribution in [0.2, 0.25) is 0 Å². The van der Waals surface area contributed by atoms with Crippen molar-refractivity contribution in [1.29, 1.82) is 0 Å². The molecular formula is C23H19FN4O4. The van der Waals surface area contributed by atoms with Crippen LogP contribution in [0.1, 0.15) is 5.56 Å². The Morgan fingerprint density at radius 1 is 1.12 bits per heavy atom. The van der Waals surface area contributed by atoms with Crippen molar-refractivity contribution in [2.45, 2.75) is 13.1 Å². The summed E-state index contributed by atoms with van der Waals surface area (Å²) in [7, 11) is 1.56. The summed E-state index contributed by atoms with van der Waals surface area (Å²) >= 11 is 0. The van der Waals surface area contributed by atoms with Crippen LogP contribution in [0.3, 0.4) is 0 Å². The fourth-order valence-corrected chi connectivity index (χ4v) is 3.13. The van der Waals surface area contributed by atoms with Gasteiger partial charge < -0.3 is 19.1 Å². The third-order valence-corrected chi connectivity index (χ3v) is 4.76. The molecule has 9 heteroatoms. The molecule has 4 rings (SSSR count). The number of rotatable bonds is 7. The molecule has 0 fully saturated rings. The van der Waals surface area contributed by atoms with E-state index >= 15 is 0 Å². The maximum Gasteiger partial charge on any atom is 0.263 e. The lowest BCUT2D eigenvalue weighted by molar-refractivity contribution is -0.121. The van der Waals surface area contributed by atoms with Crippen molar-refractivity contribution < 1.29 is 18.4 Å². The number of aromatic nitrogens is 3. The summed E-state index contributed by atoms with van der Waals surface area (Å²) in [6.45, 7) is 0.0861. The van der Waals surface area contributed by atoms with Crippen LogP contribution in [0, 0.1) is 5.82 Å². The van der Waals surface area contributed by atoms with E-state index in [9.17, 15) is 14.0 Å². The fraction of sp³-hybridized carbons (Fsp3) is 0.130.